The van der Waals surface area contributed by atoms with Crippen LogP contribution < -0.4 is 10.5 Å². The molecule has 2 N–H and O–H groups in total. The fourth-order valence-corrected chi connectivity index (χ4v) is 2.57. The van der Waals surface area contributed by atoms with Gasteiger partial charge in [-0.3, -0.25) is 0 Å². The number of aryl methyl sites for hydroxylation is 1. The summed E-state index contributed by atoms with van der Waals surface area (Å²) < 4.78 is 5.36. The van der Waals surface area contributed by atoms with E-state index in [0.29, 0.717) is 10.0 Å². The number of methoxy groups -OCH3 is 1. The molecule has 100 valence electrons. The van der Waals surface area contributed by atoms with Gasteiger partial charge in [0.05, 0.1) is 13.2 Å². The molecular weight excluding hydrogens is 281 g/mol. The number of ether oxygens (including phenoxy) is 1. The molecule has 0 saturated carbocycles. The largest absolute Gasteiger partial charge is 0.496 e. The minimum Gasteiger partial charge on any atom is -0.496 e. The summed E-state index contributed by atoms with van der Waals surface area (Å²) in [5.74, 6) is 0.759. The minimum absolute atomic E-state index is 0.328. The summed E-state index contributed by atoms with van der Waals surface area (Å²) in [5.41, 5.74) is 9.21. The summed E-state index contributed by atoms with van der Waals surface area (Å²) in [6.07, 6.45) is 0. The molecule has 1 unspecified atom stereocenters. The third-order valence-electron chi connectivity index (χ3n) is 2.96. The Morgan fingerprint density at radius 1 is 1.05 bits per heavy atom. The number of benzene rings is 2. The van der Waals surface area contributed by atoms with Gasteiger partial charge in [-0.25, -0.2) is 0 Å². The van der Waals surface area contributed by atoms with E-state index in [-0.39, 0.29) is 6.04 Å². The van der Waals surface area contributed by atoms with E-state index >= 15 is 0 Å². The van der Waals surface area contributed by atoms with Gasteiger partial charge in [-0.05, 0) is 36.8 Å². The second kappa shape index (κ2) is 5.83. The molecule has 0 heterocycles. The van der Waals surface area contributed by atoms with Gasteiger partial charge in [0.25, 0.3) is 0 Å². The van der Waals surface area contributed by atoms with Crippen LogP contribution in [0.3, 0.4) is 0 Å². The van der Waals surface area contributed by atoms with Crippen molar-refractivity contribution in [2.75, 3.05) is 7.11 Å². The van der Waals surface area contributed by atoms with E-state index in [1.54, 1.807) is 13.2 Å². The van der Waals surface area contributed by atoms with E-state index in [4.69, 9.17) is 33.7 Å². The maximum absolute atomic E-state index is 6.30. The van der Waals surface area contributed by atoms with Crippen molar-refractivity contribution >= 4 is 23.2 Å². The van der Waals surface area contributed by atoms with Gasteiger partial charge >= 0.3 is 0 Å². The lowest BCUT2D eigenvalue weighted by Crippen LogP contribution is -2.13. The molecule has 0 aromatic heterocycles. The second-order valence-electron chi connectivity index (χ2n) is 4.43. The van der Waals surface area contributed by atoms with Crippen molar-refractivity contribution in [3.63, 3.8) is 0 Å². The Morgan fingerprint density at radius 2 is 1.68 bits per heavy atom. The predicted molar refractivity (Wildman–Crippen MR) is 80.2 cm³/mol. The van der Waals surface area contributed by atoms with Crippen LogP contribution in [0.5, 0.6) is 5.75 Å². The molecule has 2 aromatic carbocycles. The van der Waals surface area contributed by atoms with Crippen LogP contribution in [0, 0.1) is 6.92 Å². The zero-order valence-corrected chi connectivity index (χ0v) is 12.3. The third kappa shape index (κ3) is 3.21. The molecule has 0 fully saturated rings. The number of halogens is 2. The number of hydrogen-bond acceptors (Lipinski definition) is 2. The van der Waals surface area contributed by atoms with E-state index < -0.39 is 0 Å². The Kier molecular flexibility index (Phi) is 4.35. The molecule has 0 saturated heterocycles. The van der Waals surface area contributed by atoms with Crippen molar-refractivity contribution in [2.24, 2.45) is 5.73 Å². The molecule has 0 aliphatic carbocycles. The smallest absolute Gasteiger partial charge is 0.123 e. The van der Waals surface area contributed by atoms with E-state index in [0.717, 1.165) is 22.4 Å². The summed E-state index contributed by atoms with van der Waals surface area (Å²) in [6, 6.07) is 10.9. The molecule has 1 atom stereocenters. The molecular formula is C15H15Cl2NO. The van der Waals surface area contributed by atoms with Crippen molar-refractivity contribution in [3.8, 4) is 5.75 Å². The lowest BCUT2D eigenvalue weighted by Gasteiger charge is -2.17. The average Bonchev–Trinajstić information content (AvgIpc) is 2.36. The molecule has 0 spiro atoms. The van der Waals surface area contributed by atoms with Crippen LogP contribution in [-0.4, -0.2) is 7.11 Å². The van der Waals surface area contributed by atoms with Gasteiger partial charge in [-0.2, -0.15) is 0 Å². The summed E-state index contributed by atoms with van der Waals surface area (Å²) in [5, 5.41) is 1.15. The standard InChI is InChI=1S/C15H15Cl2NO/c1-9-3-4-14(19-2)13(5-9)15(18)10-6-11(16)8-12(17)7-10/h3-8,15H,18H2,1-2H3. The number of rotatable bonds is 3. The Labute approximate surface area is 123 Å². The summed E-state index contributed by atoms with van der Waals surface area (Å²) >= 11 is 12.0. The molecule has 2 aromatic rings. The second-order valence-corrected chi connectivity index (χ2v) is 5.30. The van der Waals surface area contributed by atoms with Crippen LogP contribution in [0.15, 0.2) is 36.4 Å². The van der Waals surface area contributed by atoms with E-state index in [9.17, 15) is 0 Å². The zero-order valence-electron chi connectivity index (χ0n) is 10.8. The molecule has 0 amide bonds. The fourth-order valence-electron chi connectivity index (χ4n) is 2.03. The average molecular weight is 296 g/mol. The monoisotopic (exact) mass is 295 g/mol. The number of nitrogens with two attached hydrogens (primary N) is 1. The van der Waals surface area contributed by atoms with Crippen LogP contribution in [0.2, 0.25) is 10.0 Å². The van der Waals surface area contributed by atoms with Gasteiger partial charge in [0.15, 0.2) is 0 Å². The molecule has 0 bridgehead atoms. The highest BCUT2D eigenvalue weighted by Crippen LogP contribution is 2.31. The van der Waals surface area contributed by atoms with Crippen LogP contribution in [0.1, 0.15) is 22.7 Å². The zero-order chi connectivity index (χ0) is 14.0. The molecule has 19 heavy (non-hydrogen) atoms. The minimum atomic E-state index is -0.328. The van der Waals surface area contributed by atoms with Crippen LogP contribution >= 0.6 is 23.2 Å². The molecule has 2 rings (SSSR count). The third-order valence-corrected chi connectivity index (χ3v) is 3.40. The van der Waals surface area contributed by atoms with E-state index in [1.165, 1.54) is 0 Å². The first kappa shape index (κ1) is 14.2. The van der Waals surface area contributed by atoms with Gasteiger partial charge in [-0.1, -0.05) is 40.9 Å². The summed E-state index contributed by atoms with van der Waals surface area (Å²) in [6.45, 7) is 2.01. The van der Waals surface area contributed by atoms with Crippen LogP contribution in [-0.2, 0) is 0 Å². The lowest BCUT2D eigenvalue weighted by molar-refractivity contribution is 0.407. The first-order valence-electron chi connectivity index (χ1n) is 5.87. The first-order chi connectivity index (χ1) is 9.01. The Balaban J connectivity index is 2.48. The normalized spacial score (nSPS) is 12.3. The molecule has 0 aliphatic rings. The lowest BCUT2D eigenvalue weighted by atomic mass is 9.97. The first-order valence-corrected chi connectivity index (χ1v) is 6.63. The maximum Gasteiger partial charge on any atom is 0.123 e. The molecule has 4 heteroatoms. The highest BCUT2D eigenvalue weighted by molar-refractivity contribution is 6.34. The van der Waals surface area contributed by atoms with Gasteiger partial charge in [0.1, 0.15) is 5.75 Å². The van der Waals surface area contributed by atoms with Gasteiger partial charge in [-0.15, -0.1) is 0 Å². The van der Waals surface area contributed by atoms with Crippen LogP contribution in [0.25, 0.3) is 0 Å². The summed E-state index contributed by atoms with van der Waals surface area (Å²) in [4.78, 5) is 0. The van der Waals surface area contributed by atoms with Gasteiger partial charge < -0.3 is 10.5 Å². The van der Waals surface area contributed by atoms with Crippen molar-refractivity contribution in [3.05, 3.63) is 63.1 Å². The fraction of sp³-hybridized carbons (Fsp3) is 0.200. The Hall–Kier alpha value is -1.22. The maximum atomic E-state index is 6.30. The van der Waals surface area contributed by atoms with Crippen LogP contribution in [0.4, 0.5) is 0 Å². The molecule has 0 radical (unpaired) electrons. The Bertz CT molecular complexity index is 578. The van der Waals surface area contributed by atoms with Crippen molar-refractivity contribution in [2.45, 2.75) is 13.0 Å². The van der Waals surface area contributed by atoms with Gasteiger partial charge in [0.2, 0.25) is 0 Å². The quantitative estimate of drug-likeness (QED) is 0.913. The SMILES string of the molecule is COc1ccc(C)cc1C(N)c1cc(Cl)cc(Cl)c1. The number of hydrogen-bond donors (Lipinski definition) is 1. The topological polar surface area (TPSA) is 35.2 Å². The molecule has 2 nitrogen and oxygen atoms in total. The van der Waals surface area contributed by atoms with E-state index in [1.807, 2.05) is 37.3 Å². The van der Waals surface area contributed by atoms with Crippen molar-refractivity contribution in [1.29, 1.82) is 0 Å². The van der Waals surface area contributed by atoms with Gasteiger partial charge in [0, 0.05) is 15.6 Å². The molecule has 0 aliphatic heterocycles. The summed E-state index contributed by atoms with van der Waals surface area (Å²) in [7, 11) is 1.63. The highest BCUT2D eigenvalue weighted by Gasteiger charge is 2.15. The Morgan fingerprint density at radius 3 is 2.26 bits per heavy atom. The van der Waals surface area contributed by atoms with E-state index in [2.05, 4.69) is 0 Å². The van der Waals surface area contributed by atoms with Crippen molar-refractivity contribution in [1.82, 2.24) is 0 Å². The van der Waals surface area contributed by atoms with Crippen molar-refractivity contribution < 1.29 is 4.74 Å². The highest BCUT2D eigenvalue weighted by atomic mass is 35.5. The predicted octanol–water partition coefficient (Wildman–Crippen LogP) is 4.36.